The Morgan fingerprint density at radius 1 is 1.04 bits per heavy atom. The van der Waals surface area contributed by atoms with Crippen LogP contribution >= 0.6 is 11.3 Å². The molecule has 4 nitrogen and oxygen atoms in total. The molecule has 2 aromatic carbocycles. The molecule has 1 aromatic heterocycles. The zero-order chi connectivity index (χ0) is 17.6. The SMILES string of the molecule is O[C@]1(c2ccc3c(c2)OCO3)CN(Cc2ccccc2)Cc2ccsc21. The van der Waals surface area contributed by atoms with Gasteiger partial charge in [0.1, 0.15) is 5.60 Å². The second kappa shape index (κ2) is 6.13. The Morgan fingerprint density at radius 2 is 1.88 bits per heavy atom. The standard InChI is InChI=1S/C21H19NO3S/c23-21(17-6-7-18-19(10-17)25-14-24-18)13-22(11-15-4-2-1-3-5-15)12-16-8-9-26-20(16)21/h1-10,23H,11-14H2/t21-/m0/s1. The van der Waals surface area contributed by atoms with Crippen LogP contribution in [0.3, 0.4) is 0 Å². The second-order valence-corrected chi connectivity index (χ2v) is 7.75. The van der Waals surface area contributed by atoms with Crippen LogP contribution in [0.5, 0.6) is 11.5 Å². The van der Waals surface area contributed by atoms with Gasteiger partial charge in [-0.2, -0.15) is 0 Å². The molecule has 0 spiro atoms. The van der Waals surface area contributed by atoms with Crippen LogP contribution in [0.2, 0.25) is 0 Å². The molecule has 2 aliphatic rings. The number of hydrogen-bond donors (Lipinski definition) is 1. The van der Waals surface area contributed by atoms with E-state index >= 15 is 0 Å². The molecule has 0 aliphatic carbocycles. The van der Waals surface area contributed by atoms with Gasteiger partial charge in [-0.1, -0.05) is 36.4 Å². The molecule has 1 atom stereocenters. The van der Waals surface area contributed by atoms with E-state index in [4.69, 9.17) is 9.47 Å². The number of β-amino-alcohol motifs (C(OH)–C–C–N with tert-alkyl or cyclic N) is 1. The predicted molar refractivity (Wildman–Crippen MR) is 100 cm³/mol. The van der Waals surface area contributed by atoms with Crippen LogP contribution in [0.1, 0.15) is 21.6 Å². The first kappa shape index (κ1) is 15.9. The number of fused-ring (bicyclic) bond motifs is 2. The molecule has 3 heterocycles. The van der Waals surface area contributed by atoms with Gasteiger partial charge < -0.3 is 14.6 Å². The lowest BCUT2D eigenvalue weighted by molar-refractivity contribution is 0.0189. The van der Waals surface area contributed by atoms with Crippen LogP contribution in [0.25, 0.3) is 0 Å². The summed E-state index contributed by atoms with van der Waals surface area (Å²) in [5.74, 6) is 1.44. The van der Waals surface area contributed by atoms with Crippen LogP contribution in [0.4, 0.5) is 0 Å². The number of rotatable bonds is 3. The highest BCUT2D eigenvalue weighted by molar-refractivity contribution is 7.10. The predicted octanol–water partition coefficient (Wildman–Crippen LogP) is 3.73. The van der Waals surface area contributed by atoms with E-state index in [1.165, 1.54) is 11.1 Å². The van der Waals surface area contributed by atoms with Crippen LogP contribution in [-0.4, -0.2) is 23.3 Å². The van der Waals surface area contributed by atoms with Gasteiger partial charge in [0, 0.05) is 24.5 Å². The molecule has 5 heteroatoms. The fourth-order valence-corrected chi connectivity index (χ4v) is 4.87. The zero-order valence-electron chi connectivity index (χ0n) is 14.2. The quantitative estimate of drug-likeness (QED) is 0.768. The fraction of sp³-hybridized carbons (Fsp3) is 0.238. The number of benzene rings is 2. The summed E-state index contributed by atoms with van der Waals surface area (Å²) in [6.45, 7) is 2.44. The Morgan fingerprint density at radius 3 is 2.77 bits per heavy atom. The van der Waals surface area contributed by atoms with Crippen molar-refractivity contribution in [1.82, 2.24) is 4.90 Å². The third kappa shape index (κ3) is 2.60. The molecule has 0 saturated carbocycles. The lowest BCUT2D eigenvalue weighted by Gasteiger charge is -2.39. The summed E-state index contributed by atoms with van der Waals surface area (Å²) in [5, 5.41) is 13.8. The third-order valence-corrected chi connectivity index (χ3v) is 6.18. The molecule has 3 aromatic rings. The summed E-state index contributed by atoms with van der Waals surface area (Å²) in [6.07, 6.45) is 0. The molecule has 0 bridgehead atoms. The largest absolute Gasteiger partial charge is 0.454 e. The van der Waals surface area contributed by atoms with Gasteiger partial charge in [0.25, 0.3) is 0 Å². The molecule has 0 radical (unpaired) electrons. The van der Waals surface area contributed by atoms with Gasteiger partial charge in [-0.3, -0.25) is 4.90 Å². The first-order chi connectivity index (χ1) is 12.7. The first-order valence-corrected chi connectivity index (χ1v) is 9.56. The van der Waals surface area contributed by atoms with Crippen LogP contribution in [-0.2, 0) is 18.7 Å². The molecule has 0 unspecified atom stereocenters. The van der Waals surface area contributed by atoms with E-state index < -0.39 is 5.60 Å². The maximum atomic E-state index is 11.7. The van der Waals surface area contributed by atoms with Crippen LogP contribution in [0, 0.1) is 0 Å². The minimum Gasteiger partial charge on any atom is -0.454 e. The highest BCUT2D eigenvalue weighted by atomic mass is 32.1. The molecular formula is C21H19NO3S. The monoisotopic (exact) mass is 365 g/mol. The number of aliphatic hydroxyl groups is 1. The van der Waals surface area contributed by atoms with Gasteiger partial charge >= 0.3 is 0 Å². The average molecular weight is 365 g/mol. The van der Waals surface area contributed by atoms with Crippen molar-refractivity contribution >= 4 is 11.3 Å². The van der Waals surface area contributed by atoms with E-state index in [2.05, 4.69) is 40.6 Å². The summed E-state index contributed by atoms with van der Waals surface area (Å²) in [5.41, 5.74) is 2.25. The number of ether oxygens (including phenoxy) is 2. The summed E-state index contributed by atoms with van der Waals surface area (Å²) in [6, 6.07) is 18.3. The van der Waals surface area contributed by atoms with Gasteiger partial charge in [-0.15, -0.1) is 11.3 Å². The summed E-state index contributed by atoms with van der Waals surface area (Å²) >= 11 is 1.62. The Labute approximate surface area is 156 Å². The van der Waals surface area contributed by atoms with E-state index in [1.807, 2.05) is 24.3 Å². The van der Waals surface area contributed by atoms with Gasteiger partial charge in [0.05, 0.1) is 0 Å². The Hall–Kier alpha value is -2.34. The molecule has 0 amide bonds. The Kier molecular flexibility index (Phi) is 3.74. The lowest BCUT2D eigenvalue weighted by atomic mass is 9.86. The topological polar surface area (TPSA) is 41.9 Å². The van der Waals surface area contributed by atoms with Gasteiger partial charge in [-0.25, -0.2) is 0 Å². The van der Waals surface area contributed by atoms with Crippen molar-refractivity contribution in [3.8, 4) is 11.5 Å². The highest BCUT2D eigenvalue weighted by Gasteiger charge is 2.41. The number of hydrogen-bond acceptors (Lipinski definition) is 5. The van der Waals surface area contributed by atoms with Crippen LogP contribution < -0.4 is 9.47 Å². The van der Waals surface area contributed by atoms with E-state index in [0.717, 1.165) is 29.3 Å². The van der Waals surface area contributed by atoms with Crippen LogP contribution in [0.15, 0.2) is 60.0 Å². The minimum absolute atomic E-state index is 0.238. The van der Waals surface area contributed by atoms with Crippen molar-refractivity contribution in [3.05, 3.63) is 81.5 Å². The Balaban J connectivity index is 1.52. The molecule has 0 fully saturated rings. The van der Waals surface area contributed by atoms with Crippen molar-refractivity contribution in [2.24, 2.45) is 0 Å². The molecule has 5 rings (SSSR count). The van der Waals surface area contributed by atoms with E-state index in [9.17, 15) is 5.11 Å². The van der Waals surface area contributed by atoms with E-state index in [0.29, 0.717) is 12.3 Å². The van der Waals surface area contributed by atoms with Crippen molar-refractivity contribution in [2.45, 2.75) is 18.7 Å². The molecule has 0 saturated heterocycles. The molecular weight excluding hydrogens is 346 g/mol. The maximum Gasteiger partial charge on any atom is 0.231 e. The summed E-state index contributed by atoms with van der Waals surface area (Å²) in [4.78, 5) is 3.33. The van der Waals surface area contributed by atoms with Crippen molar-refractivity contribution in [1.29, 1.82) is 0 Å². The first-order valence-electron chi connectivity index (χ1n) is 8.68. The molecule has 26 heavy (non-hydrogen) atoms. The smallest absolute Gasteiger partial charge is 0.231 e. The van der Waals surface area contributed by atoms with E-state index in [-0.39, 0.29) is 6.79 Å². The van der Waals surface area contributed by atoms with Gasteiger partial charge in [0.15, 0.2) is 11.5 Å². The average Bonchev–Trinajstić information content (AvgIpc) is 3.31. The molecule has 132 valence electrons. The van der Waals surface area contributed by atoms with Gasteiger partial charge in [-0.05, 0) is 40.3 Å². The zero-order valence-corrected chi connectivity index (χ0v) is 15.0. The van der Waals surface area contributed by atoms with E-state index in [1.54, 1.807) is 11.3 Å². The summed E-state index contributed by atoms with van der Waals surface area (Å²) < 4.78 is 10.9. The molecule has 1 N–H and O–H groups in total. The minimum atomic E-state index is -1.04. The van der Waals surface area contributed by atoms with Gasteiger partial charge in [0.2, 0.25) is 6.79 Å². The summed E-state index contributed by atoms with van der Waals surface area (Å²) in [7, 11) is 0. The fourth-order valence-electron chi connectivity index (χ4n) is 3.84. The number of thiophene rings is 1. The third-order valence-electron chi connectivity index (χ3n) is 5.07. The highest BCUT2D eigenvalue weighted by Crippen LogP contribution is 2.44. The van der Waals surface area contributed by atoms with Crippen molar-refractivity contribution < 1.29 is 14.6 Å². The van der Waals surface area contributed by atoms with Crippen molar-refractivity contribution in [3.63, 3.8) is 0 Å². The lowest BCUT2D eigenvalue weighted by Crippen LogP contribution is -2.45. The maximum absolute atomic E-state index is 11.7. The second-order valence-electron chi connectivity index (χ2n) is 6.83. The molecule has 2 aliphatic heterocycles. The normalized spacial score (nSPS) is 21.6. The number of nitrogens with zero attached hydrogens (tertiary/aromatic N) is 1. The van der Waals surface area contributed by atoms with Crippen molar-refractivity contribution in [2.75, 3.05) is 13.3 Å². The Bertz CT molecular complexity index is 939.